The number of nitrogens with zero attached hydrogens (tertiary/aromatic N) is 1. The number of rotatable bonds is 3. The number of hydrogen-bond donors (Lipinski definition) is 1. The Morgan fingerprint density at radius 1 is 1.20 bits per heavy atom. The van der Waals surface area contributed by atoms with E-state index in [9.17, 15) is 4.79 Å². The average Bonchev–Trinajstić information content (AvgIpc) is 2.89. The van der Waals surface area contributed by atoms with E-state index < -0.39 is 0 Å². The van der Waals surface area contributed by atoms with Gasteiger partial charge in [-0.1, -0.05) is 56.5 Å². The van der Waals surface area contributed by atoms with Gasteiger partial charge in [-0.2, -0.15) is 0 Å². The smallest absolute Gasteiger partial charge is 0.245 e. The van der Waals surface area contributed by atoms with E-state index in [-0.39, 0.29) is 11.9 Å². The zero-order valence-electron chi connectivity index (χ0n) is 12.2. The number of carbonyl (C=O) groups excluding carboxylic acids is 1. The number of hydrogen-bond acceptors (Lipinski definition) is 2. The Balaban J connectivity index is 1.75. The number of carbonyl (C=O) groups is 1. The van der Waals surface area contributed by atoms with Crippen LogP contribution in [0.3, 0.4) is 0 Å². The Bertz CT molecular complexity index is 459. The van der Waals surface area contributed by atoms with Crippen molar-refractivity contribution in [1.29, 1.82) is 0 Å². The molecule has 1 aliphatic carbocycles. The van der Waals surface area contributed by atoms with Gasteiger partial charge in [0.25, 0.3) is 0 Å². The maximum absolute atomic E-state index is 12.7. The second-order valence-corrected chi connectivity index (χ2v) is 6.03. The zero-order valence-corrected chi connectivity index (χ0v) is 12.2. The van der Waals surface area contributed by atoms with Gasteiger partial charge in [0.1, 0.15) is 6.04 Å². The van der Waals surface area contributed by atoms with Crippen LogP contribution in [0, 0.1) is 5.92 Å². The van der Waals surface area contributed by atoms with Crippen LogP contribution in [-0.2, 0) is 4.79 Å². The van der Waals surface area contributed by atoms with Gasteiger partial charge in [-0.05, 0) is 24.3 Å². The van der Waals surface area contributed by atoms with Crippen molar-refractivity contribution in [1.82, 2.24) is 10.2 Å². The fraction of sp³-hybridized carbons (Fsp3) is 0.588. The summed E-state index contributed by atoms with van der Waals surface area (Å²) in [4.78, 5) is 14.8. The van der Waals surface area contributed by atoms with Crippen LogP contribution in [-0.4, -0.2) is 23.5 Å². The third-order valence-electron chi connectivity index (χ3n) is 4.92. The highest BCUT2D eigenvalue weighted by atomic mass is 16.2. The summed E-state index contributed by atoms with van der Waals surface area (Å²) in [5.41, 5.74) is 1.09. The number of amides is 1. The Kier molecular flexibility index (Phi) is 4.06. The second-order valence-electron chi connectivity index (χ2n) is 6.03. The van der Waals surface area contributed by atoms with Crippen LogP contribution < -0.4 is 5.32 Å². The lowest BCUT2D eigenvalue weighted by atomic mass is 9.82. The summed E-state index contributed by atoms with van der Waals surface area (Å²) in [7, 11) is 0. The number of nitrogens with one attached hydrogen (secondary N) is 1. The highest BCUT2D eigenvalue weighted by molar-refractivity contribution is 5.85. The molecule has 0 radical (unpaired) electrons. The Labute approximate surface area is 121 Å². The van der Waals surface area contributed by atoms with Crippen LogP contribution in [0.1, 0.15) is 50.6 Å². The van der Waals surface area contributed by atoms with Crippen molar-refractivity contribution < 1.29 is 4.79 Å². The second kappa shape index (κ2) is 5.96. The third kappa shape index (κ3) is 2.47. The molecule has 1 aromatic carbocycles. The van der Waals surface area contributed by atoms with E-state index in [1.807, 2.05) is 30.3 Å². The summed E-state index contributed by atoms with van der Waals surface area (Å²) in [6.45, 7) is 2.96. The predicted octanol–water partition coefficient (Wildman–Crippen LogP) is 3.09. The summed E-state index contributed by atoms with van der Waals surface area (Å²) in [6, 6.07) is 10.4. The molecule has 3 nitrogen and oxygen atoms in total. The zero-order chi connectivity index (χ0) is 13.9. The first-order valence-electron chi connectivity index (χ1n) is 7.90. The van der Waals surface area contributed by atoms with Gasteiger partial charge in [-0.3, -0.25) is 10.1 Å². The average molecular weight is 272 g/mol. The third-order valence-corrected chi connectivity index (χ3v) is 4.92. The fourth-order valence-corrected chi connectivity index (χ4v) is 3.78. The molecule has 3 rings (SSSR count). The van der Waals surface area contributed by atoms with E-state index in [0.717, 1.165) is 5.56 Å². The van der Waals surface area contributed by atoms with Crippen molar-refractivity contribution in [3.8, 4) is 0 Å². The van der Waals surface area contributed by atoms with Crippen molar-refractivity contribution in [2.45, 2.75) is 51.1 Å². The lowest BCUT2D eigenvalue weighted by Gasteiger charge is -2.37. The number of benzene rings is 1. The molecule has 1 saturated heterocycles. The van der Waals surface area contributed by atoms with E-state index in [1.54, 1.807) is 0 Å². The topological polar surface area (TPSA) is 32.3 Å². The molecular weight excluding hydrogens is 248 g/mol. The quantitative estimate of drug-likeness (QED) is 0.917. The largest absolute Gasteiger partial charge is 0.325 e. The summed E-state index contributed by atoms with van der Waals surface area (Å²) in [5, 5.41) is 3.39. The molecule has 1 aliphatic heterocycles. The standard InChI is InChI=1S/C17H24N2O/c1-2-13-8-6-7-11-15(13)19-12-18-16(17(19)20)14-9-4-3-5-10-14/h3-5,9-10,13,15-16,18H,2,6-8,11-12H2,1H3. The Morgan fingerprint density at radius 2 is 1.95 bits per heavy atom. The lowest BCUT2D eigenvalue weighted by Crippen LogP contribution is -2.44. The highest BCUT2D eigenvalue weighted by Crippen LogP contribution is 2.33. The molecule has 1 amide bonds. The molecule has 3 unspecified atom stereocenters. The molecule has 108 valence electrons. The maximum Gasteiger partial charge on any atom is 0.245 e. The van der Waals surface area contributed by atoms with Crippen molar-refractivity contribution in [2.75, 3.05) is 6.67 Å². The molecule has 1 heterocycles. The van der Waals surface area contributed by atoms with Gasteiger partial charge in [0, 0.05) is 6.04 Å². The van der Waals surface area contributed by atoms with E-state index in [0.29, 0.717) is 18.6 Å². The molecule has 2 aliphatic rings. The molecule has 3 atom stereocenters. The summed E-state index contributed by atoms with van der Waals surface area (Å²) >= 11 is 0. The molecule has 2 fully saturated rings. The van der Waals surface area contributed by atoms with Crippen molar-refractivity contribution in [3.63, 3.8) is 0 Å². The highest BCUT2D eigenvalue weighted by Gasteiger charge is 2.39. The minimum atomic E-state index is -0.143. The molecule has 1 saturated carbocycles. The van der Waals surface area contributed by atoms with Crippen LogP contribution in [0.2, 0.25) is 0 Å². The summed E-state index contributed by atoms with van der Waals surface area (Å²) < 4.78 is 0. The van der Waals surface area contributed by atoms with Gasteiger partial charge in [0.05, 0.1) is 6.67 Å². The normalized spacial score (nSPS) is 30.8. The van der Waals surface area contributed by atoms with E-state index >= 15 is 0 Å². The predicted molar refractivity (Wildman–Crippen MR) is 80.1 cm³/mol. The molecule has 1 aromatic rings. The van der Waals surface area contributed by atoms with Crippen molar-refractivity contribution in [2.24, 2.45) is 5.92 Å². The first-order valence-corrected chi connectivity index (χ1v) is 7.90. The molecule has 3 heteroatoms. The Hall–Kier alpha value is -1.35. The molecule has 20 heavy (non-hydrogen) atoms. The van der Waals surface area contributed by atoms with Crippen LogP contribution in [0.4, 0.5) is 0 Å². The monoisotopic (exact) mass is 272 g/mol. The lowest BCUT2D eigenvalue weighted by molar-refractivity contribution is -0.132. The van der Waals surface area contributed by atoms with Crippen LogP contribution in [0.5, 0.6) is 0 Å². The Morgan fingerprint density at radius 3 is 2.70 bits per heavy atom. The van der Waals surface area contributed by atoms with Gasteiger partial charge in [0.2, 0.25) is 5.91 Å². The van der Waals surface area contributed by atoms with Crippen LogP contribution in [0.15, 0.2) is 30.3 Å². The van der Waals surface area contributed by atoms with E-state index in [1.165, 1.54) is 32.1 Å². The summed E-state index contributed by atoms with van der Waals surface area (Å²) in [5.74, 6) is 0.950. The maximum atomic E-state index is 12.7. The molecule has 1 N–H and O–H groups in total. The van der Waals surface area contributed by atoms with Crippen molar-refractivity contribution >= 4 is 5.91 Å². The molecular formula is C17H24N2O. The first-order chi connectivity index (χ1) is 9.81. The van der Waals surface area contributed by atoms with Crippen LogP contribution in [0.25, 0.3) is 0 Å². The fourth-order valence-electron chi connectivity index (χ4n) is 3.78. The van der Waals surface area contributed by atoms with Gasteiger partial charge in [0.15, 0.2) is 0 Å². The summed E-state index contributed by atoms with van der Waals surface area (Å²) in [6.07, 6.45) is 6.23. The first kappa shape index (κ1) is 13.6. The molecule has 0 aromatic heterocycles. The van der Waals surface area contributed by atoms with Gasteiger partial charge < -0.3 is 4.90 Å². The van der Waals surface area contributed by atoms with Crippen molar-refractivity contribution in [3.05, 3.63) is 35.9 Å². The minimum Gasteiger partial charge on any atom is -0.325 e. The van der Waals surface area contributed by atoms with Gasteiger partial charge in [-0.15, -0.1) is 0 Å². The van der Waals surface area contributed by atoms with E-state index in [2.05, 4.69) is 17.1 Å². The molecule has 0 spiro atoms. The SMILES string of the molecule is CCC1CCCCC1N1CNC(c2ccccc2)C1=O. The minimum absolute atomic E-state index is 0.143. The van der Waals surface area contributed by atoms with E-state index in [4.69, 9.17) is 0 Å². The molecule has 0 bridgehead atoms. The van der Waals surface area contributed by atoms with Gasteiger partial charge >= 0.3 is 0 Å². The van der Waals surface area contributed by atoms with Gasteiger partial charge in [-0.25, -0.2) is 0 Å². The van der Waals surface area contributed by atoms with Crippen LogP contribution >= 0.6 is 0 Å².